The molecule has 1 aromatic carbocycles. The molecular formula is C13H13NO3S. The molecule has 0 saturated heterocycles. The second-order valence-corrected chi connectivity index (χ2v) is 4.53. The Morgan fingerprint density at radius 1 is 1.44 bits per heavy atom. The molecule has 2 rings (SSSR count). The Morgan fingerprint density at radius 3 is 2.72 bits per heavy atom. The molecule has 5 heteroatoms. The first-order valence-corrected chi connectivity index (χ1v) is 6.42. The zero-order valence-electron chi connectivity index (χ0n) is 9.87. The molecule has 0 radical (unpaired) electrons. The maximum absolute atomic E-state index is 12.1. The first kappa shape index (κ1) is 12.7. The minimum Gasteiger partial charge on any atom is -0.463 e. The van der Waals surface area contributed by atoms with Gasteiger partial charge in [0, 0.05) is 17.1 Å². The number of aromatic nitrogens is 1. The average molecular weight is 263 g/mol. The molecule has 2 aromatic rings. The molecule has 94 valence electrons. The van der Waals surface area contributed by atoms with Crippen LogP contribution in [0.4, 0.5) is 0 Å². The lowest BCUT2D eigenvalue weighted by molar-refractivity contribution is -0.161. The molecule has 1 unspecified atom stereocenters. The van der Waals surface area contributed by atoms with Gasteiger partial charge in [0.2, 0.25) is 5.60 Å². The van der Waals surface area contributed by atoms with E-state index >= 15 is 0 Å². The van der Waals surface area contributed by atoms with Gasteiger partial charge in [-0.2, -0.15) is 0 Å². The molecule has 18 heavy (non-hydrogen) atoms. The summed E-state index contributed by atoms with van der Waals surface area (Å²) in [5, 5.41) is 12.7. The molecule has 1 heterocycles. The third-order valence-electron chi connectivity index (χ3n) is 2.50. The van der Waals surface area contributed by atoms with Crippen LogP contribution >= 0.6 is 11.3 Å². The van der Waals surface area contributed by atoms with Crippen LogP contribution in [0, 0.1) is 0 Å². The van der Waals surface area contributed by atoms with Gasteiger partial charge in [-0.3, -0.25) is 0 Å². The molecule has 1 aromatic heterocycles. The van der Waals surface area contributed by atoms with Crippen LogP contribution in [0.3, 0.4) is 0 Å². The summed E-state index contributed by atoms with van der Waals surface area (Å²) >= 11 is 1.22. The number of rotatable bonds is 4. The van der Waals surface area contributed by atoms with Crippen molar-refractivity contribution in [1.82, 2.24) is 4.98 Å². The minimum atomic E-state index is -1.83. The number of hydrogen-bond donors (Lipinski definition) is 1. The van der Waals surface area contributed by atoms with Crippen LogP contribution in [0.15, 0.2) is 41.9 Å². The number of aliphatic hydroxyl groups is 1. The maximum atomic E-state index is 12.1. The molecule has 0 aliphatic rings. The van der Waals surface area contributed by atoms with E-state index in [1.165, 1.54) is 11.3 Å². The molecule has 0 bridgehead atoms. The number of esters is 1. The highest BCUT2D eigenvalue weighted by Crippen LogP contribution is 2.32. The van der Waals surface area contributed by atoms with Gasteiger partial charge in [0.15, 0.2) is 0 Å². The van der Waals surface area contributed by atoms with Crippen LogP contribution in [0.2, 0.25) is 0 Å². The van der Waals surface area contributed by atoms with Crippen molar-refractivity contribution in [3.05, 3.63) is 52.5 Å². The first-order valence-electron chi connectivity index (χ1n) is 5.54. The van der Waals surface area contributed by atoms with Gasteiger partial charge >= 0.3 is 5.97 Å². The summed E-state index contributed by atoms with van der Waals surface area (Å²) in [5.74, 6) is -0.703. The summed E-state index contributed by atoms with van der Waals surface area (Å²) in [5.41, 5.74) is -1.37. The van der Waals surface area contributed by atoms with Crippen molar-refractivity contribution < 1.29 is 14.6 Å². The van der Waals surface area contributed by atoms with Crippen molar-refractivity contribution in [3.63, 3.8) is 0 Å². The van der Waals surface area contributed by atoms with Gasteiger partial charge in [-0.15, -0.1) is 11.3 Å². The van der Waals surface area contributed by atoms with Gasteiger partial charge < -0.3 is 9.84 Å². The van der Waals surface area contributed by atoms with Crippen molar-refractivity contribution in [2.75, 3.05) is 6.61 Å². The number of carbonyl (C=O) groups excluding carboxylic acids is 1. The lowest BCUT2D eigenvalue weighted by Crippen LogP contribution is -2.38. The number of benzene rings is 1. The summed E-state index contributed by atoms with van der Waals surface area (Å²) in [6.07, 6.45) is 1.55. The zero-order valence-corrected chi connectivity index (χ0v) is 10.7. The Labute approximate surface area is 109 Å². The molecule has 4 nitrogen and oxygen atoms in total. The SMILES string of the molecule is CCOC(=O)C(O)(c1ccccc1)c1nccs1. The summed E-state index contributed by atoms with van der Waals surface area (Å²) in [4.78, 5) is 16.1. The highest BCUT2D eigenvalue weighted by molar-refractivity contribution is 7.09. The van der Waals surface area contributed by atoms with Gasteiger partial charge in [0.1, 0.15) is 5.01 Å². The summed E-state index contributed by atoms with van der Waals surface area (Å²) in [6.45, 7) is 1.91. The van der Waals surface area contributed by atoms with Crippen LogP contribution < -0.4 is 0 Å². The molecule has 0 saturated carbocycles. The number of thiazole rings is 1. The Kier molecular flexibility index (Phi) is 3.74. The fourth-order valence-corrected chi connectivity index (χ4v) is 2.39. The van der Waals surface area contributed by atoms with Crippen LogP contribution in [0.25, 0.3) is 0 Å². The lowest BCUT2D eigenvalue weighted by atomic mass is 9.94. The predicted molar refractivity (Wildman–Crippen MR) is 68.2 cm³/mol. The highest BCUT2D eigenvalue weighted by atomic mass is 32.1. The molecule has 0 fully saturated rings. The summed E-state index contributed by atoms with van der Waals surface area (Å²) < 4.78 is 4.96. The van der Waals surface area contributed by atoms with E-state index in [1.54, 1.807) is 42.8 Å². The van der Waals surface area contributed by atoms with E-state index in [0.717, 1.165) is 0 Å². The van der Waals surface area contributed by atoms with Crippen molar-refractivity contribution in [2.24, 2.45) is 0 Å². The minimum absolute atomic E-state index is 0.208. The molecule has 0 aliphatic carbocycles. The van der Waals surface area contributed by atoms with E-state index in [-0.39, 0.29) is 6.61 Å². The quantitative estimate of drug-likeness (QED) is 0.856. The Bertz CT molecular complexity index is 512. The normalized spacial score (nSPS) is 13.9. The van der Waals surface area contributed by atoms with Crippen molar-refractivity contribution in [1.29, 1.82) is 0 Å². The zero-order chi connectivity index (χ0) is 13.0. The number of hydrogen-bond acceptors (Lipinski definition) is 5. The molecular weight excluding hydrogens is 250 g/mol. The lowest BCUT2D eigenvalue weighted by Gasteiger charge is -2.23. The fourth-order valence-electron chi connectivity index (χ4n) is 1.65. The second-order valence-electron chi connectivity index (χ2n) is 3.63. The van der Waals surface area contributed by atoms with E-state index < -0.39 is 11.6 Å². The third-order valence-corrected chi connectivity index (χ3v) is 3.39. The third kappa shape index (κ3) is 2.14. The van der Waals surface area contributed by atoms with Gasteiger partial charge in [0.05, 0.1) is 6.61 Å². The fraction of sp³-hybridized carbons (Fsp3) is 0.231. The summed E-state index contributed by atoms with van der Waals surface area (Å²) in [6, 6.07) is 8.69. The Morgan fingerprint density at radius 2 is 2.17 bits per heavy atom. The van der Waals surface area contributed by atoms with Crippen molar-refractivity contribution in [3.8, 4) is 0 Å². The van der Waals surface area contributed by atoms with Gasteiger partial charge in [0.25, 0.3) is 0 Å². The van der Waals surface area contributed by atoms with Crippen LogP contribution in [-0.4, -0.2) is 22.7 Å². The van der Waals surface area contributed by atoms with Gasteiger partial charge in [-0.05, 0) is 6.92 Å². The Balaban J connectivity index is 2.50. The highest BCUT2D eigenvalue weighted by Gasteiger charge is 2.43. The standard InChI is InChI=1S/C13H13NO3S/c1-2-17-12(15)13(16,11-14-8-9-18-11)10-6-4-3-5-7-10/h3-9,16H,2H2,1H3. The predicted octanol–water partition coefficient (Wildman–Crippen LogP) is 1.94. The summed E-state index contributed by atoms with van der Waals surface area (Å²) in [7, 11) is 0. The average Bonchev–Trinajstić information content (AvgIpc) is 2.93. The van der Waals surface area contributed by atoms with Gasteiger partial charge in [-0.1, -0.05) is 30.3 Å². The molecule has 1 N–H and O–H groups in total. The van der Waals surface area contributed by atoms with E-state index in [1.807, 2.05) is 6.07 Å². The molecule has 0 aliphatic heterocycles. The van der Waals surface area contributed by atoms with E-state index in [2.05, 4.69) is 4.98 Å². The second kappa shape index (κ2) is 5.29. The largest absolute Gasteiger partial charge is 0.463 e. The molecule has 0 amide bonds. The topological polar surface area (TPSA) is 59.4 Å². The molecule has 0 spiro atoms. The monoisotopic (exact) mass is 263 g/mol. The Hall–Kier alpha value is -1.72. The van der Waals surface area contributed by atoms with Crippen molar-refractivity contribution in [2.45, 2.75) is 12.5 Å². The van der Waals surface area contributed by atoms with E-state index in [4.69, 9.17) is 4.74 Å². The van der Waals surface area contributed by atoms with Crippen molar-refractivity contribution >= 4 is 17.3 Å². The smallest absolute Gasteiger partial charge is 0.350 e. The number of carbonyl (C=O) groups is 1. The first-order chi connectivity index (χ1) is 8.69. The maximum Gasteiger partial charge on any atom is 0.350 e. The van der Waals surface area contributed by atoms with Crippen LogP contribution in [0.5, 0.6) is 0 Å². The van der Waals surface area contributed by atoms with E-state index in [9.17, 15) is 9.90 Å². The van der Waals surface area contributed by atoms with Crippen LogP contribution in [-0.2, 0) is 15.1 Å². The van der Waals surface area contributed by atoms with Crippen LogP contribution in [0.1, 0.15) is 17.5 Å². The number of nitrogens with zero attached hydrogens (tertiary/aromatic N) is 1. The molecule has 1 atom stereocenters. The van der Waals surface area contributed by atoms with E-state index in [0.29, 0.717) is 10.6 Å². The van der Waals surface area contributed by atoms with Gasteiger partial charge in [-0.25, -0.2) is 9.78 Å². The number of ether oxygens (including phenoxy) is 1.